The molecule has 0 spiro atoms. The number of methoxy groups -OCH3 is 2. The second-order valence-corrected chi connectivity index (χ2v) is 12.9. The molecule has 0 saturated carbocycles. The molecule has 1 fully saturated rings. The molecule has 1 saturated heterocycles. The first-order valence-electron chi connectivity index (χ1n) is 14.8. The van der Waals surface area contributed by atoms with Crippen LogP contribution >= 0.6 is 0 Å². The molecule has 3 rings (SSSR count). The van der Waals surface area contributed by atoms with Crippen molar-refractivity contribution in [2.45, 2.75) is 78.9 Å². The molecule has 1 aromatic carbocycles. The molecule has 1 aliphatic rings. The lowest BCUT2D eigenvalue weighted by molar-refractivity contribution is -0.152. The van der Waals surface area contributed by atoms with Crippen LogP contribution in [0.2, 0.25) is 0 Å². The summed E-state index contributed by atoms with van der Waals surface area (Å²) in [7, 11) is 3.23. The van der Waals surface area contributed by atoms with Crippen molar-refractivity contribution in [1.82, 2.24) is 24.8 Å². The molecule has 2 heterocycles. The summed E-state index contributed by atoms with van der Waals surface area (Å²) in [6, 6.07) is 6.78. The number of aromatic nitrogens is 3. The summed E-state index contributed by atoms with van der Waals surface area (Å²) in [6.07, 6.45) is 1.61. The molecule has 0 radical (unpaired) electrons. The van der Waals surface area contributed by atoms with E-state index in [-0.39, 0.29) is 37.0 Å². The fourth-order valence-electron chi connectivity index (χ4n) is 5.33. The van der Waals surface area contributed by atoms with Crippen LogP contribution in [0.25, 0.3) is 5.69 Å². The van der Waals surface area contributed by atoms with E-state index in [4.69, 9.17) is 14.2 Å². The van der Waals surface area contributed by atoms with Gasteiger partial charge in [0, 0.05) is 39.4 Å². The number of carbonyl (C=O) groups is 3. The number of hydrogen-bond acceptors (Lipinski definition) is 8. The molecule has 1 aliphatic heterocycles. The van der Waals surface area contributed by atoms with Gasteiger partial charge in [0.05, 0.1) is 29.9 Å². The van der Waals surface area contributed by atoms with Gasteiger partial charge in [0.15, 0.2) is 5.69 Å². The van der Waals surface area contributed by atoms with E-state index in [0.29, 0.717) is 36.7 Å². The number of benzene rings is 1. The van der Waals surface area contributed by atoms with E-state index in [1.807, 2.05) is 38.1 Å². The van der Waals surface area contributed by atoms with Gasteiger partial charge in [0.25, 0.3) is 5.91 Å². The maximum absolute atomic E-state index is 14.4. The summed E-state index contributed by atoms with van der Waals surface area (Å²) < 4.78 is 17.9. The van der Waals surface area contributed by atoms with Crippen molar-refractivity contribution in [3.05, 3.63) is 35.7 Å². The number of carboxylic acids is 1. The van der Waals surface area contributed by atoms with Gasteiger partial charge in [-0.15, -0.1) is 5.10 Å². The highest BCUT2D eigenvalue weighted by Crippen LogP contribution is 2.34. The van der Waals surface area contributed by atoms with Crippen molar-refractivity contribution in [3.8, 4) is 11.4 Å². The summed E-state index contributed by atoms with van der Waals surface area (Å²) >= 11 is 0. The molecule has 2 amide bonds. The van der Waals surface area contributed by atoms with Crippen molar-refractivity contribution in [2.24, 2.45) is 11.3 Å². The Bertz CT molecular complexity index is 1270. The molecule has 238 valence electrons. The van der Waals surface area contributed by atoms with E-state index in [2.05, 4.69) is 10.3 Å². The standard InChI is InChI=1S/C31H47N5O7/c1-21(2)18-35(23-17-31(6,28(38)39)20-34(19-23)29(40)43-30(3,4)5)27(37)26-25(14-9-10-15-41-7)36(33-32-26)22-12-11-13-24(16-22)42-8/h11-13,16,21,23H,9-10,14-15,17-20H2,1-8H3,(H,38,39)/t23-,31+/m0/s1. The van der Waals surface area contributed by atoms with Crippen LogP contribution in [0.3, 0.4) is 0 Å². The van der Waals surface area contributed by atoms with Gasteiger partial charge < -0.3 is 29.1 Å². The van der Waals surface area contributed by atoms with Gasteiger partial charge in [-0.1, -0.05) is 25.1 Å². The van der Waals surface area contributed by atoms with E-state index in [1.165, 1.54) is 4.90 Å². The lowest BCUT2D eigenvalue weighted by Gasteiger charge is -2.46. The Balaban J connectivity index is 2.05. The van der Waals surface area contributed by atoms with Gasteiger partial charge in [-0.05, 0) is 71.4 Å². The molecule has 0 unspecified atom stereocenters. The van der Waals surface area contributed by atoms with Gasteiger partial charge >= 0.3 is 12.1 Å². The highest BCUT2D eigenvalue weighted by Gasteiger charge is 2.47. The van der Waals surface area contributed by atoms with Crippen LogP contribution in [0.5, 0.6) is 5.75 Å². The summed E-state index contributed by atoms with van der Waals surface area (Å²) in [5.74, 6) is -0.681. The summed E-state index contributed by atoms with van der Waals surface area (Å²) in [4.78, 5) is 43.1. The van der Waals surface area contributed by atoms with Crippen LogP contribution in [0.15, 0.2) is 24.3 Å². The molecule has 0 aliphatic carbocycles. The van der Waals surface area contributed by atoms with Crippen molar-refractivity contribution in [2.75, 3.05) is 40.5 Å². The van der Waals surface area contributed by atoms with Crippen LogP contribution in [0, 0.1) is 11.3 Å². The van der Waals surface area contributed by atoms with Gasteiger partial charge in [-0.25, -0.2) is 9.48 Å². The van der Waals surface area contributed by atoms with E-state index < -0.39 is 29.1 Å². The number of rotatable bonds is 12. The largest absolute Gasteiger partial charge is 0.497 e. The average molecular weight is 602 g/mol. The number of amides is 2. The zero-order chi connectivity index (χ0) is 31.9. The SMILES string of the molecule is COCCCCc1c(C(=O)N(CC(C)C)[C@@H]2CN(C(=O)OC(C)(C)C)C[C@](C)(C(=O)O)C2)nnn1-c1cccc(OC)c1. The number of aliphatic carboxylic acids is 1. The Labute approximate surface area is 254 Å². The third-order valence-electron chi connectivity index (χ3n) is 7.36. The van der Waals surface area contributed by atoms with E-state index >= 15 is 0 Å². The van der Waals surface area contributed by atoms with Gasteiger partial charge in [0.1, 0.15) is 11.4 Å². The Hall–Kier alpha value is -3.67. The first-order valence-corrected chi connectivity index (χ1v) is 14.8. The van der Waals surface area contributed by atoms with Gasteiger partial charge in [-0.2, -0.15) is 0 Å². The minimum atomic E-state index is -1.28. The summed E-state index contributed by atoms with van der Waals surface area (Å²) in [5.41, 5.74) is -0.490. The number of carboxylic acid groups (broad SMARTS) is 1. The number of unbranched alkanes of at least 4 members (excludes halogenated alkanes) is 1. The normalized spacial score (nSPS) is 18.9. The van der Waals surface area contributed by atoms with Crippen molar-refractivity contribution >= 4 is 18.0 Å². The number of ether oxygens (including phenoxy) is 3. The lowest BCUT2D eigenvalue weighted by Crippen LogP contribution is -2.60. The zero-order valence-corrected chi connectivity index (χ0v) is 26.8. The number of hydrogen-bond donors (Lipinski definition) is 1. The van der Waals surface area contributed by atoms with Crippen LogP contribution < -0.4 is 4.74 Å². The maximum atomic E-state index is 14.4. The topological polar surface area (TPSA) is 136 Å². The minimum absolute atomic E-state index is 0.0196. The van der Waals surface area contributed by atoms with Crippen LogP contribution in [0.4, 0.5) is 4.79 Å². The fraction of sp³-hybridized carbons (Fsp3) is 0.645. The molecule has 12 nitrogen and oxygen atoms in total. The second kappa shape index (κ2) is 14.2. The summed E-state index contributed by atoms with van der Waals surface area (Å²) in [6.45, 7) is 11.9. The molecule has 0 bridgehead atoms. The van der Waals surface area contributed by atoms with Crippen LogP contribution in [-0.2, 0) is 20.7 Å². The van der Waals surface area contributed by atoms with Crippen molar-refractivity contribution in [3.63, 3.8) is 0 Å². The Morgan fingerprint density at radius 2 is 1.91 bits per heavy atom. The maximum Gasteiger partial charge on any atom is 0.410 e. The Kier molecular flexibility index (Phi) is 11.2. The van der Waals surface area contributed by atoms with Crippen molar-refractivity contribution < 1.29 is 33.7 Å². The fourth-order valence-corrected chi connectivity index (χ4v) is 5.33. The minimum Gasteiger partial charge on any atom is -0.497 e. The smallest absolute Gasteiger partial charge is 0.410 e. The predicted molar refractivity (Wildman–Crippen MR) is 161 cm³/mol. The summed E-state index contributed by atoms with van der Waals surface area (Å²) in [5, 5.41) is 18.9. The molecular formula is C31H47N5O7. The molecule has 1 aromatic heterocycles. The third-order valence-corrected chi connectivity index (χ3v) is 7.36. The van der Waals surface area contributed by atoms with Crippen LogP contribution in [0.1, 0.15) is 77.0 Å². The molecule has 2 atom stereocenters. The molecule has 12 heteroatoms. The first kappa shape index (κ1) is 33.8. The highest BCUT2D eigenvalue weighted by molar-refractivity contribution is 5.94. The second-order valence-electron chi connectivity index (χ2n) is 12.9. The molecule has 1 N–H and O–H groups in total. The van der Waals surface area contributed by atoms with E-state index in [0.717, 1.165) is 12.8 Å². The van der Waals surface area contributed by atoms with Gasteiger partial charge in [-0.3, -0.25) is 9.59 Å². The Morgan fingerprint density at radius 1 is 1.19 bits per heavy atom. The van der Waals surface area contributed by atoms with Crippen LogP contribution in [-0.4, -0.2) is 100.0 Å². The molecule has 2 aromatic rings. The van der Waals surface area contributed by atoms with Gasteiger partial charge in [0.2, 0.25) is 0 Å². The predicted octanol–water partition coefficient (Wildman–Crippen LogP) is 4.44. The first-order chi connectivity index (χ1) is 20.2. The average Bonchev–Trinajstić information content (AvgIpc) is 3.36. The molecular weight excluding hydrogens is 554 g/mol. The lowest BCUT2D eigenvalue weighted by atomic mass is 9.79. The van der Waals surface area contributed by atoms with Crippen molar-refractivity contribution in [1.29, 1.82) is 0 Å². The monoisotopic (exact) mass is 601 g/mol. The number of likely N-dealkylation sites (tertiary alicyclic amines) is 1. The number of carbonyl (C=O) groups excluding carboxylic acids is 2. The molecule has 43 heavy (non-hydrogen) atoms. The van der Waals surface area contributed by atoms with E-state index in [1.54, 1.807) is 51.5 Å². The number of piperidine rings is 1. The zero-order valence-electron chi connectivity index (χ0n) is 26.8. The highest BCUT2D eigenvalue weighted by atomic mass is 16.6. The quantitative estimate of drug-likeness (QED) is 0.350. The Morgan fingerprint density at radius 3 is 2.51 bits per heavy atom. The third kappa shape index (κ3) is 8.68. The number of nitrogens with zero attached hydrogens (tertiary/aromatic N) is 5. The van der Waals surface area contributed by atoms with E-state index in [9.17, 15) is 19.5 Å².